The van der Waals surface area contributed by atoms with Gasteiger partial charge in [-0.1, -0.05) is 50.1 Å². The second-order valence-corrected chi connectivity index (χ2v) is 11.3. The third-order valence-corrected chi connectivity index (χ3v) is 8.41. The quantitative estimate of drug-likeness (QED) is 0.371. The fraction of sp³-hybridized carbons (Fsp3) is 0.552. The molecule has 1 heterocycles. The number of halogens is 2. The summed E-state index contributed by atoms with van der Waals surface area (Å²) in [6.07, 6.45) is 11.0. The molecular weight excluding hydrogens is 477 g/mol. The summed E-state index contributed by atoms with van der Waals surface area (Å²) in [5.74, 6) is 0.312. The first-order valence-electron chi connectivity index (χ1n) is 13.5. The zero-order valence-corrected chi connectivity index (χ0v) is 21.8. The normalized spacial score (nSPS) is 23.3. The predicted octanol–water partition coefficient (Wildman–Crippen LogP) is 7.05. The average molecular weight is 514 g/mol. The number of nitrogens with one attached hydrogen (secondary N) is 3. The van der Waals surface area contributed by atoms with Crippen molar-refractivity contribution in [2.75, 3.05) is 17.2 Å². The molecule has 7 heteroatoms. The van der Waals surface area contributed by atoms with Gasteiger partial charge in [-0.25, -0.2) is 4.39 Å². The monoisotopic (exact) mass is 513 g/mol. The Balaban J connectivity index is 1.48. The van der Waals surface area contributed by atoms with E-state index in [2.05, 4.69) is 16.0 Å². The lowest BCUT2D eigenvalue weighted by atomic mass is 9.73. The van der Waals surface area contributed by atoms with E-state index in [0.29, 0.717) is 10.7 Å². The highest BCUT2D eigenvalue weighted by molar-refractivity contribution is 6.30. The molecule has 2 fully saturated rings. The van der Waals surface area contributed by atoms with Crippen LogP contribution >= 0.6 is 11.6 Å². The van der Waals surface area contributed by atoms with Crippen LogP contribution in [0.1, 0.15) is 69.8 Å². The number of fused-ring (bicyclic) bond motifs is 1. The topological polar surface area (TPSA) is 62.4 Å². The Morgan fingerprint density at radius 2 is 1.72 bits per heavy atom. The maximum absolute atomic E-state index is 14.2. The molecule has 5 nitrogen and oxygen atoms in total. The number of rotatable bonds is 7. The van der Waals surface area contributed by atoms with Gasteiger partial charge >= 0.3 is 0 Å². The van der Waals surface area contributed by atoms with Crippen LogP contribution in [0.4, 0.5) is 15.8 Å². The molecular formula is C29H37ClFN3O2. The van der Waals surface area contributed by atoms with E-state index >= 15 is 0 Å². The zero-order valence-electron chi connectivity index (χ0n) is 21.0. The third kappa shape index (κ3) is 5.44. The molecule has 0 saturated heterocycles. The lowest BCUT2D eigenvalue weighted by Crippen LogP contribution is -2.61. The highest BCUT2D eigenvalue weighted by atomic mass is 35.5. The predicted molar refractivity (Wildman–Crippen MR) is 143 cm³/mol. The van der Waals surface area contributed by atoms with E-state index in [4.69, 9.17) is 16.3 Å². The fourth-order valence-corrected chi connectivity index (χ4v) is 6.60. The fourth-order valence-electron chi connectivity index (χ4n) is 6.37. The van der Waals surface area contributed by atoms with Crippen molar-refractivity contribution in [1.29, 1.82) is 0 Å². The molecule has 0 spiro atoms. The summed E-state index contributed by atoms with van der Waals surface area (Å²) in [4.78, 5) is 14.1. The van der Waals surface area contributed by atoms with Crippen molar-refractivity contribution in [2.45, 2.75) is 82.8 Å². The summed E-state index contributed by atoms with van der Waals surface area (Å²) in [5.41, 5.74) is 1.49. The Bertz CT molecular complexity index is 1080. The van der Waals surface area contributed by atoms with Gasteiger partial charge < -0.3 is 20.7 Å². The van der Waals surface area contributed by atoms with Gasteiger partial charge in [0.1, 0.15) is 18.2 Å². The second kappa shape index (κ2) is 10.9. The molecule has 5 rings (SSSR count). The van der Waals surface area contributed by atoms with Crippen LogP contribution in [0.15, 0.2) is 36.4 Å². The van der Waals surface area contributed by atoms with Crippen LogP contribution in [0.25, 0.3) is 0 Å². The largest absolute Gasteiger partial charge is 0.489 e. The van der Waals surface area contributed by atoms with Crippen molar-refractivity contribution in [1.82, 2.24) is 5.32 Å². The molecule has 3 aliphatic rings. The third-order valence-electron chi connectivity index (χ3n) is 8.18. The molecule has 2 saturated carbocycles. The van der Waals surface area contributed by atoms with Gasteiger partial charge in [0.2, 0.25) is 5.91 Å². The standard InChI is InChI=1S/C29H37ClFN3O2/c1-19-16-21(30)12-15-26(19)36-18-29(33-24-14-13-22(31)17-25(24)34-29)27(20-8-4-2-5-9-20)28(35)32-23-10-6-3-7-11-23/h12-17,20,23,27,33-34H,2-11,18H2,1H3,(H,32,35)/t27-,29?/m1/s1. The van der Waals surface area contributed by atoms with Crippen molar-refractivity contribution >= 4 is 28.9 Å². The van der Waals surface area contributed by atoms with Gasteiger partial charge in [-0.15, -0.1) is 0 Å². The number of aryl methyl sites for hydroxylation is 1. The highest BCUT2D eigenvalue weighted by Crippen LogP contribution is 2.44. The second-order valence-electron chi connectivity index (χ2n) is 10.8. The van der Waals surface area contributed by atoms with Crippen LogP contribution in [-0.2, 0) is 4.79 Å². The Hall–Kier alpha value is -2.47. The first-order valence-corrected chi connectivity index (χ1v) is 13.9. The number of ether oxygens (including phenoxy) is 1. The minimum absolute atomic E-state index is 0.0681. The van der Waals surface area contributed by atoms with Gasteiger partial charge in [-0.05, 0) is 80.5 Å². The van der Waals surface area contributed by atoms with Gasteiger partial charge in [0.25, 0.3) is 0 Å². The van der Waals surface area contributed by atoms with Crippen LogP contribution in [0, 0.1) is 24.6 Å². The van der Waals surface area contributed by atoms with Crippen LogP contribution < -0.4 is 20.7 Å². The van der Waals surface area contributed by atoms with Crippen LogP contribution in [0.2, 0.25) is 5.02 Å². The smallest absolute Gasteiger partial charge is 0.228 e. The summed E-state index contributed by atoms with van der Waals surface area (Å²) < 4.78 is 20.6. The van der Waals surface area contributed by atoms with E-state index in [1.807, 2.05) is 25.1 Å². The Morgan fingerprint density at radius 3 is 2.44 bits per heavy atom. The van der Waals surface area contributed by atoms with E-state index in [-0.39, 0.29) is 36.2 Å². The van der Waals surface area contributed by atoms with E-state index in [9.17, 15) is 9.18 Å². The molecule has 3 N–H and O–H groups in total. The maximum Gasteiger partial charge on any atom is 0.228 e. The Morgan fingerprint density at radius 1 is 1.03 bits per heavy atom. The molecule has 2 aliphatic carbocycles. The molecule has 1 amide bonds. The number of amides is 1. The Kier molecular flexibility index (Phi) is 7.61. The molecule has 36 heavy (non-hydrogen) atoms. The molecule has 0 aromatic heterocycles. The summed E-state index contributed by atoms with van der Waals surface area (Å²) in [7, 11) is 0. The molecule has 1 unspecified atom stereocenters. The summed E-state index contributed by atoms with van der Waals surface area (Å²) >= 11 is 6.16. The number of benzene rings is 2. The van der Waals surface area contributed by atoms with Gasteiger partial charge in [-0.3, -0.25) is 4.79 Å². The van der Waals surface area contributed by atoms with Crippen molar-refractivity contribution in [3.8, 4) is 5.75 Å². The highest BCUT2D eigenvalue weighted by Gasteiger charge is 2.51. The van der Waals surface area contributed by atoms with E-state index < -0.39 is 5.66 Å². The molecule has 2 atom stereocenters. The molecule has 0 bridgehead atoms. The first-order chi connectivity index (χ1) is 17.4. The van der Waals surface area contributed by atoms with Crippen molar-refractivity contribution in [2.24, 2.45) is 11.8 Å². The Labute approximate surface area is 218 Å². The van der Waals surface area contributed by atoms with Gasteiger partial charge in [-0.2, -0.15) is 0 Å². The van der Waals surface area contributed by atoms with Gasteiger partial charge in [0.15, 0.2) is 5.66 Å². The molecule has 2 aromatic rings. The molecule has 2 aromatic carbocycles. The lowest BCUT2D eigenvalue weighted by Gasteiger charge is -2.43. The van der Waals surface area contributed by atoms with Gasteiger partial charge in [0, 0.05) is 11.1 Å². The number of hydrogen-bond acceptors (Lipinski definition) is 4. The van der Waals surface area contributed by atoms with Crippen molar-refractivity contribution in [3.63, 3.8) is 0 Å². The summed E-state index contributed by atoms with van der Waals surface area (Å²) in [6, 6.07) is 10.5. The van der Waals surface area contributed by atoms with Crippen molar-refractivity contribution < 1.29 is 13.9 Å². The molecule has 194 valence electrons. The minimum atomic E-state index is -0.900. The lowest BCUT2D eigenvalue weighted by molar-refractivity contribution is -0.130. The minimum Gasteiger partial charge on any atom is -0.489 e. The number of hydrogen-bond donors (Lipinski definition) is 3. The van der Waals surface area contributed by atoms with E-state index in [1.54, 1.807) is 6.07 Å². The number of carbonyl (C=O) groups is 1. The average Bonchev–Trinajstić information content (AvgIpc) is 3.23. The summed E-state index contributed by atoms with van der Waals surface area (Å²) in [6.45, 7) is 2.17. The van der Waals surface area contributed by atoms with Gasteiger partial charge in [0.05, 0.1) is 17.3 Å². The van der Waals surface area contributed by atoms with Crippen LogP contribution in [0.3, 0.4) is 0 Å². The maximum atomic E-state index is 14.2. The number of carbonyl (C=O) groups excluding carboxylic acids is 1. The summed E-state index contributed by atoms with van der Waals surface area (Å²) in [5, 5.41) is 11.2. The van der Waals surface area contributed by atoms with E-state index in [0.717, 1.165) is 68.4 Å². The molecule has 0 radical (unpaired) electrons. The first kappa shape index (κ1) is 25.2. The molecule has 1 aliphatic heterocycles. The van der Waals surface area contributed by atoms with Crippen molar-refractivity contribution in [3.05, 3.63) is 52.8 Å². The zero-order chi connectivity index (χ0) is 25.1. The van der Waals surface area contributed by atoms with E-state index in [1.165, 1.54) is 25.0 Å². The number of anilines is 2. The van der Waals surface area contributed by atoms with Crippen LogP contribution in [-0.4, -0.2) is 24.2 Å². The van der Waals surface area contributed by atoms with Crippen LogP contribution in [0.5, 0.6) is 5.75 Å². The SMILES string of the molecule is Cc1cc(Cl)ccc1OCC1([C@@H](C(=O)NC2CCCCC2)C2CCCCC2)Nc2ccc(F)cc2N1.